The summed E-state index contributed by atoms with van der Waals surface area (Å²) in [6, 6.07) is 6.79. The van der Waals surface area contributed by atoms with E-state index in [2.05, 4.69) is 29.4 Å². The molecule has 0 saturated carbocycles. The number of anilines is 1. The van der Waals surface area contributed by atoms with E-state index in [0.29, 0.717) is 23.2 Å². The summed E-state index contributed by atoms with van der Waals surface area (Å²) in [6.07, 6.45) is 0.0449. The molecular weight excluding hydrogens is 302 g/mol. The first-order valence-corrected chi connectivity index (χ1v) is 8.05. The highest BCUT2D eigenvalue weighted by Crippen LogP contribution is 2.13. The average molecular weight is 326 g/mol. The molecule has 0 aliphatic carbocycles. The third-order valence-corrected chi connectivity index (χ3v) is 3.69. The van der Waals surface area contributed by atoms with Gasteiger partial charge < -0.3 is 15.4 Å². The molecule has 1 aliphatic heterocycles. The minimum atomic E-state index is -0.230. The molecule has 5 nitrogen and oxygen atoms in total. The predicted molar refractivity (Wildman–Crippen MR) is 89.5 cm³/mol. The molecule has 1 fully saturated rings. The van der Waals surface area contributed by atoms with Crippen LogP contribution in [-0.4, -0.2) is 49.8 Å². The zero-order valence-electron chi connectivity index (χ0n) is 13.1. The highest BCUT2D eigenvalue weighted by Gasteiger charge is 2.21. The van der Waals surface area contributed by atoms with E-state index in [1.54, 1.807) is 24.3 Å². The quantitative estimate of drug-likeness (QED) is 0.875. The molecule has 1 aliphatic rings. The number of ether oxygens (including phenoxy) is 1. The van der Waals surface area contributed by atoms with Crippen LogP contribution in [0.15, 0.2) is 24.3 Å². The summed E-state index contributed by atoms with van der Waals surface area (Å²) in [5.74, 6) is 0.639. The van der Waals surface area contributed by atoms with Crippen LogP contribution < -0.4 is 10.6 Å². The van der Waals surface area contributed by atoms with Crippen LogP contribution in [-0.2, 0) is 4.74 Å². The SMILES string of the molecule is CC(C)CN1CCOC(CNC(=O)Nc2ccc(Cl)cc2)C1. The standard InChI is InChI=1S/C16H24ClN3O2/c1-12(2)10-20-7-8-22-15(11-20)9-18-16(21)19-14-5-3-13(17)4-6-14/h3-6,12,15H,7-11H2,1-2H3,(H2,18,19,21). The molecular formula is C16H24ClN3O2. The monoisotopic (exact) mass is 325 g/mol. The number of nitrogens with zero attached hydrogens (tertiary/aromatic N) is 1. The van der Waals surface area contributed by atoms with Crippen molar-refractivity contribution in [3.63, 3.8) is 0 Å². The van der Waals surface area contributed by atoms with Crippen LogP contribution in [0.2, 0.25) is 5.02 Å². The maximum atomic E-state index is 11.9. The summed E-state index contributed by atoms with van der Waals surface area (Å²) < 4.78 is 5.70. The van der Waals surface area contributed by atoms with Gasteiger partial charge in [0.15, 0.2) is 0 Å². The summed E-state index contributed by atoms with van der Waals surface area (Å²) in [5.41, 5.74) is 0.716. The first kappa shape index (κ1) is 17.1. The lowest BCUT2D eigenvalue weighted by molar-refractivity contribution is -0.0288. The van der Waals surface area contributed by atoms with Gasteiger partial charge in [0, 0.05) is 36.9 Å². The van der Waals surface area contributed by atoms with Crippen molar-refractivity contribution >= 4 is 23.3 Å². The van der Waals surface area contributed by atoms with E-state index in [-0.39, 0.29) is 12.1 Å². The van der Waals surface area contributed by atoms with Gasteiger partial charge in [0.2, 0.25) is 0 Å². The van der Waals surface area contributed by atoms with Crippen LogP contribution in [0.3, 0.4) is 0 Å². The Labute approximate surface area is 137 Å². The molecule has 22 heavy (non-hydrogen) atoms. The molecule has 0 spiro atoms. The third kappa shape index (κ3) is 5.83. The number of hydrogen-bond acceptors (Lipinski definition) is 3. The van der Waals surface area contributed by atoms with Crippen molar-refractivity contribution in [1.82, 2.24) is 10.2 Å². The Hall–Kier alpha value is -1.30. The van der Waals surface area contributed by atoms with Crippen LogP contribution in [0.25, 0.3) is 0 Å². The van der Waals surface area contributed by atoms with Crippen LogP contribution in [0, 0.1) is 5.92 Å². The normalized spacial score (nSPS) is 19.2. The number of benzene rings is 1. The Kier molecular flexibility index (Phi) is 6.49. The van der Waals surface area contributed by atoms with E-state index < -0.39 is 0 Å². The van der Waals surface area contributed by atoms with Crippen LogP contribution in [0.4, 0.5) is 10.5 Å². The molecule has 0 radical (unpaired) electrons. The van der Waals surface area contributed by atoms with Gasteiger partial charge >= 0.3 is 6.03 Å². The average Bonchev–Trinajstić information content (AvgIpc) is 2.47. The molecule has 122 valence electrons. The number of carbonyl (C=O) groups is 1. The van der Waals surface area contributed by atoms with Gasteiger partial charge in [-0.3, -0.25) is 4.90 Å². The molecule has 2 N–H and O–H groups in total. The molecule has 6 heteroatoms. The Bertz CT molecular complexity index is 479. The van der Waals surface area contributed by atoms with Gasteiger partial charge in [-0.1, -0.05) is 25.4 Å². The van der Waals surface area contributed by atoms with Crippen molar-refractivity contribution < 1.29 is 9.53 Å². The lowest BCUT2D eigenvalue weighted by atomic mass is 10.2. The van der Waals surface area contributed by atoms with E-state index in [1.807, 2.05) is 0 Å². The van der Waals surface area contributed by atoms with Gasteiger partial charge in [-0.2, -0.15) is 0 Å². The van der Waals surface area contributed by atoms with Gasteiger partial charge in [0.1, 0.15) is 0 Å². The predicted octanol–water partition coefficient (Wildman–Crippen LogP) is 2.82. The van der Waals surface area contributed by atoms with Crippen molar-refractivity contribution in [2.45, 2.75) is 20.0 Å². The van der Waals surface area contributed by atoms with Crippen LogP contribution in [0.1, 0.15) is 13.8 Å². The number of hydrogen-bond donors (Lipinski definition) is 2. The van der Waals surface area contributed by atoms with Crippen LogP contribution in [0.5, 0.6) is 0 Å². The Morgan fingerprint density at radius 2 is 2.14 bits per heavy atom. The van der Waals surface area contributed by atoms with E-state index in [1.165, 1.54) is 0 Å². The van der Waals surface area contributed by atoms with Gasteiger partial charge in [0.05, 0.1) is 12.7 Å². The zero-order valence-corrected chi connectivity index (χ0v) is 13.9. The topological polar surface area (TPSA) is 53.6 Å². The smallest absolute Gasteiger partial charge is 0.319 e. The number of carbonyl (C=O) groups excluding carboxylic acids is 1. The van der Waals surface area contributed by atoms with E-state index in [4.69, 9.17) is 16.3 Å². The number of amides is 2. The summed E-state index contributed by atoms with van der Waals surface area (Å²) in [4.78, 5) is 14.3. The molecule has 2 amide bonds. The first-order valence-electron chi connectivity index (χ1n) is 7.67. The van der Waals surface area contributed by atoms with Crippen molar-refractivity contribution in [3.05, 3.63) is 29.3 Å². The van der Waals surface area contributed by atoms with Crippen molar-refractivity contribution in [2.75, 3.05) is 38.1 Å². The second-order valence-electron chi connectivity index (χ2n) is 5.99. The fourth-order valence-electron chi connectivity index (χ4n) is 2.50. The molecule has 1 saturated heterocycles. The van der Waals surface area contributed by atoms with E-state index >= 15 is 0 Å². The second-order valence-corrected chi connectivity index (χ2v) is 6.42. The minimum absolute atomic E-state index is 0.0449. The number of morpholine rings is 1. The van der Waals surface area contributed by atoms with E-state index in [0.717, 1.165) is 26.2 Å². The fourth-order valence-corrected chi connectivity index (χ4v) is 2.63. The fraction of sp³-hybridized carbons (Fsp3) is 0.562. The molecule has 1 heterocycles. The Morgan fingerprint density at radius 3 is 2.82 bits per heavy atom. The van der Waals surface area contributed by atoms with Crippen molar-refractivity contribution in [2.24, 2.45) is 5.92 Å². The van der Waals surface area contributed by atoms with Crippen molar-refractivity contribution in [1.29, 1.82) is 0 Å². The number of nitrogens with one attached hydrogen (secondary N) is 2. The van der Waals surface area contributed by atoms with E-state index in [9.17, 15) is 4.79 Å². The zero-order chi connectivity index (χ0) is 15.9. The summed E-state index contributed by atoms with van der Waals surface area (Å²) in [6.45, 7) is 8.54. The minimum Gasteiger partial charge on any atom is -0.374 e. The van der Waals surface area contributed by atoms with Gasteiger partial charge in [0.25, 0.3) is 0 Å². The molecule has 1 aromatic rings. The summed E-state index contributed by atoms with van der Waals surface area (Å²) in [5, 5.41) is 6.27. The molecule has 1 unspecified atom stereocenters. The molecule has 1 aromatic carbocycles. The Balaban J connectivity index is 1.72. The molecule has 0 bridgehead atoms. The summed E-state index contributed by atoms with van der Waals surface area (Å²) in [7, 11) is 0. The maximum absolute atomic E-state index is 11.9. The first-order chi connectivity index (χ1) is 10.5. The van der Waals surface area contributed by atoms with Crippen molar-refractivity contribution in [3.8, 4) is 0 Å². The largest absolute Gasteiger partial charge is 0.374 e. The Morgan fingerprint density at radius 1 is 1.41 bits per heavy atom. The molecule has 0 aromatic heterocycles. The van der Waals surface area contributed by atoms with Crippen LogP contribution >= 0.6 is 11.6 Å². The molecule has 1 atom stereocenters. The second kappa shape index (κ2) is 8.36. The lowest BCUT2D eigenvalue weighted by Crippen LogP contribution is -2.48. The van der Waals surface area contributed by atoms with Gasteiger partial charge in [-0.25, -0.2) is 4.79 Å². The third-order valence-electron chi connectivity index (χ3n) is 3.44. The highest BCUT2D eigenvalue weighted by atomic mass is 35.5. The number of urea groups is 1. The molecule has 2 rings (SSSR count). The summed E-state index contributed by atoms with van der Waals surface area (Å²) >= 11 is 5.81. The van der Waals surface area contributed by atoms with Gasteiger partial charge in [-0.15, -0.1) is 0 Å². The number of halogens is 1. The van der Waals surface area contributed by atoms with Gasteiger partial charge in [-0.05, 0) is 30.2 Å². The lowest BCUT2D eigenvalue weighted by Gasteiger charge is -2.33. The number of rotatable bonds is 5. The highest BCUT2D eigenvalue weighted by molar-refractivity contribution is 6.30. The maximum Gasteiger partial charge on any atom is 0.319 e.